The van der Waals surface area contributed by atoms with E-state index in [2.05, 4.69) is 25.1 Å². The van der Waals surface area contributed by atoms with Crippen LogP contribution in [0.3, 0.4) is 0 Å². The third-order valence-electron chi connectivity index (χ3n) is 9.77. The van der Waals surface area contributed by atoms with Gasteiger partial charge in [-0.05, 0) is 109 Å². The van der Waals surface area contributed by atoms with Gasteiger partial charge in [0.2, 0.25) is 10.0 Å². The highest BCUT2D eigenvalue weighted by atomic mass is 32.2. The van der Waals surface area contributed by atoms with Crippen LogP contribution in [0.15, 0.2) is 41.4 Å². The first-order valence-corrected chi connectivity index (χ1v) is 21.5. The van der Waals surface area contributed by atoms with Crippen molar-refractivity contribution in [3.63, 3.8) is 0 Å². The van der Waals surface area contributed by atoms with Crippen LogP contribution in [0.5, 0.6) is 5.75 Å². The van der Waals surface area contributed by atoms with Gasteiger partial charge in [-0.3, -0.25) is 14.6 Å². The molecule has 0 atom stereocenters. The molecule has 0 bridgehead atoms. The second kappa shape index (κ2) is 19.2. The molecule has 13 nitrogen and oxygen atoms in total. The monoisotopic (exact) mass is 946 g/mol. The Morgan fingerprint density at radius 1 is 0.859 bits per heavy atom. The van der Waals surface area contributed by atoms with Crippen molar-refractivity contribution < 1.29 is 81.3 Å². The first-order valence-electron chi connectivity index (χ1n) is 19.9. The van der Waals surface area contributed by atoms with Crippen molar-refractivity contribution in [3.8, 4) is 5.75 Å². The van der Waals surface area contributed by atoms with Crippen LogP contribution in [0.25, 0.3) is 0 Å². The topological polar surface area (TPSA) is 162 Å². The van der Waals surface area contributed by atoms with E-state index in [1.54, 1.807) is 60.6 Å². The summed E-state index contributed by atoms with van der Waals surface area (Å²) in [6.07, 6.45) is -5.54. The summed E-state index contributed by atoms with van der Waals surface area (Å²) in [5.74, 6) is -21.3. The first kappa shape index (κ1) is 52.1. The van der Waals surface area contributed by atoms with Crippen molar-refractivity contribution in [2.75, 3.05) is 51.8 Å². The molecule has 2 aliphatic rings. The summed E-state index contributed by atoms with van der Waals surface area (Å²) in [4.78, 5) is 41.6. The number of nitrogens with one attached hydrogen (secondary N) is 2. The van der Waals surface area contributed by atoms with E-state index in [-0.39, 0.29) is 56.3 Å². The summed E-state index contributed by atoms with van der Waals surface area (Å²) in [6, 6.07) is 6.02. The van der Waals surface area contributed by atoms with E-state index >= 15 is 0 Å². The number of halogens is 9. The number of esters is 2. The Morgan fingerprint density at radius 2 is 1.47 bits per heavy atom. The molecule has 0 unspecified atom stereocenters. The summed E-state index contributed by atoms with van der Waals surface area (Å²) in [5.41, 5.74) is -3.72. The van der Waals surface area contributed by atoms with Crippen LogP contribution in [-0.2, 0) is 46.4 Å². The first-order chi connectivity index (χ1) is 29.2. The van der Waals surface area contributed by atoms with Gasteiger partial charge in [0.15, 0.2) is 6.61 Å². The molecule has 0 aliphatic carbocycles. The number of piperidine rings is 1. The van der Waals surface area contributed by atoms with Crippen LogP contribution in [-0.4, -0.2) is 123 Å². The molecule has 358 valence electrons. The molecule has 0 radical (unpaired) electrons. The largest absolute Gasteiger partial charge is 0.487 e. The number of amidine groups is 1. The fourth-order valence-electron chi connectivity index (χ4n) is 6.45. The number of sulfonamides is 1. The molecule has 2 heterocycles. The van der Waals surface area contributed by atoms with Crippen LogP contribution >= 0.6 is 0 Å². The molecule has 23 heteroatoms. The molecular formula is C41H51F9N4O9S. The molecule has 1 amide bonds. The lowest BCUT2D eigenvalue weighted by molar-refractivity contribution is -0.324. The van der Waals surface area contributed by atoms with Crippen molar-refractivity contribution in [1.29, 1.82) is 0 Å². The van der Waals surface area contributed by atoms with Gasteiger partial charge >= 0.3 is 35.9 Å². The molecule has 0 saturated carbocycles. The standard InChI is InChI=1S/C41H51F9N4O9S/c1-25-18-27(33(56)63-36(5,6)7)9-8-26(25)10-17-64(58,59)54-14-11-37(12-15-54)34(57)52-32(53-37)28-19-29(40(46,47)48)21-30(20-28)61-24-39(44,45)41(49,50)38(42,43)23-60-16-13-51-22-31(55)62-35(2,3)4/h8-9,18-21,51H,10-17,22-24H2,1-7H3,(H,52,53,57). The fourth-order valence-corrected chi connectivity index (χ4v) is 7.93. The molecule has 1 spiro atoms. The van der Waals surface area contributed by atoms with Gasteiger partial charge in [0.25, 0.3) is 5.91 Å². The zero-order chi connectivity index (χ0) is 48.3. The summed E-state index contributed by atoms with van der Waals surface area (Å²) in [6.45, 7) is 5.03. The lowest BCUT2D eigenvalue weighted by Crippen LogP contribution is -2.58. The van der Waals surface area contributed by atoms with E-state index in [9.17, 15) is 62.3 Å². The highest BCUT2D eigenvalue weighted by Crippen LogP contribution is 2.46. The highest BCUT2D eigenvalue weighted by Gasteiger charge is 2.72. The molecular weight excluding hydrogens is 896 g/mol. The fraction of sp³-hybridized carbons (Fsp3) is 0.610. The maximum absolute atomic E-state index is 14.8. The maximum atomic E-state index is 14.8. The van der Waals surface area contributed by atoms with Crippen molar-refractivity contribution in [3.05, 3.63) is 64.2 Å². The summed E-state index contributed by atoms with van der Waals surface area (Å²) < 4.78 is 177. The Kier molecular flexibility index (Phi) is 15.6. The third kappa shape index (κ3) is 13.3. The molecule has 0 aromatic heterocycles. The van der Waals surface area contributed by atoms with Crippen LogP contribution < -0.4 is 15.4 Å². The van der Waals surface area contributed by atoms with Crippen molar-refractivity contribution in [1.82, 2.24) is 14.9 Å². The van der Waals surface area contributed by atoms with E-state index in [0.717, 1.165) is 4.31 Å². The smallest absolute Gasteiger partial charge is 0.416 e. The van der Waals surface area contributed by atoms with Crippen molar-refractivity contribution >= 4 is 33.7 Å². The molecule has 4 rings (SSSR count). The Bertz CT molecular complexity index is 2180. The number of amides is 1. The number of carbonyl (C=O) groups excluding carboxylic acids is 3. The number of hydrogen-bond donors (Lipinski definition) is 2. The summed E-state index contributed by atoms with van der Waals surface area (Å²) >= 11 is 0. The van der Waals surface area contributed by atoms with E-state index in [4.69, 9.17) is 9.47 Å². The number of aliphatic imine (C=N–C) groups is 1. The summed E-state index contributed by atoms with van der Waals surface area (Å²) in [5, 5.41) is 4.75. The number of rotatable bonds is 18. The Hall–Kier alpha value is -4.48. The molecule has 2 N–H and O–H groups in total. The molecule has 2 aliphatic heterocycles. The molecule has 64 heavy (non-hydrogen) atoms. The third-order valence-corrected chi connectivity index (χ3v) is 11.6. The number of benzene rings is 2. The van der Waals surface area contributed by atoms with Gasteiger partial charge in [-0.2, -0.15) is 39.5 Å². The molecule has 1 saturated heterocycles. The quantitative estimate of drug-likeness (QED) is 0.0961. The van der Waals surface area contributed by atoms with Gasteiger partial charge in [0.1, 0.15) is 34.9 Å². The zero-order valence-electron chi connectivity index (χ0n) is 36.1. The predicted molar refractivity (Wildman–Crippen MR) is 213 cm³/mol. The SMILES string of the molecule is Cc1cc(C(=O)OC(C)(C)C)ccc1CCS(=O)(=O)N1CCC2(CC1)N=C(c1cc(OCC(F)(F)C(F)(F)C(F)(F)COCCNCC(=O)OC(C)(C)C)cc(C(F)(F)F)c1)NC2=O. The average Bonchev–Trinajstić information content (AvgIpc) is 3.47. The van der Waals surface area contributed by atoms with Crippen LogP contribution in [0, 0.1) is 6.92 Å². The van der Waals surface area contributed by atoms with E-state index in [0.29, 0.717) is 23.3 Å². The molecule has 2 aromatic carbocycles. The van der Waals surface area contributed by atoms with Gasteiger partial charge in [0.05, 0.1) is 30.0 Å². The lowest BCUT2D eigenvalue weighted by atomic mass is 9.89. The minimum atomic E-state index is -6.14. The lowest BCUT2D eigenvalue weighted by Gasteiger charge is -2.34. The Balaban J connectivity index is 1.40. The van der Waals surface area contributed by atoms with Crippen LogP contribution in [0.2, 0.25) is 0 Å². The normalized spacial score (nSPS) is 16.7. The second-order valence-corrected chi connectivity index (χ2v) is 19.5. The second-order valence-electron chi connectivity index (χ2n) is 17.4. The van der Waals surface area contributed by atoms with E-state index < -0.39 is 118 Å². The minimum absolute atomic E-state index is 0.0748. The van der Waals surface area contributed by atoms with Gasteiger partial charge < -0.3 is 29.6 Å². The Morgan fingerprint density at radius 3 is 2.05 bits per heavy atom. The maximum Gasteiger partial charge on any atom is 0.416 e. The number of hydrogen-bond acceptors (Lipinski definition) is 11. The van der Waals surface area contributed by atoms with Gasteiger partial charge in [-0.15, -0.1) is 0 Å². The van der Waals surface area contributed by atoms with Gasteiger partial charge in [0, 0.05) is 25.2 Å². The minimum Gasteiger partial charge on any atom is -0.487 e. The number of aryl methyl sites for hydroxylation is 2. The van der Waals surface area contributed by atoms with Crippen LogP contribution in [0.4, 0.5) is 39.5 Å². The van der Waals surface area contributed by atoms with Crippen molar-refractivity contribution in [2.45, 2.75) is 108 Å². The van der Waals surface area contributed by atoms with E-state index in [1.807, 2.05) is 0 Å². The molecule has 1 fully saturated rings. The zero-order valence-corrected chi connectivity index (χ0v) is 36.9. The predicted octanol–water partition coefficient (Wildman–Crippen LogP) is 6.49. The number of ether oxygens (including phenoxy) is 4. The highest BCUT2D eigenvalue weighted by molar-refractivity contribution is 7.89. The van der Waals surface area contributed by atoms with Gasteiger partial charge in [-0.1, -0.05) is 6.07 Å². The summed E-state index contributed by atoms with van der Waals surface area (Å²) in [7, 11) is -3.93. The van der Waals surface area contributed by atoms with E-state index in [1.165, 1.54) is 6.07 Å². The number of nitrogens with zero attached hydrogens (tertiary/aromatic N) is 2. The number of alkyl halides is 9. The van der Waals surface area contributed by atoms with Crippen molar-refractivity contribution in [2.24, 2.45) is 4.99 Å². The average molecular weight is 947 g/mol. The number of carbonyl (C=O) groups is 3. The van der Waals surface area contributed by atoms with Gasteiger partial charge in [-0.25, -0.2) is 17.5 Å². The Labute approximate surface area is 364 Å². The molecule has 2 aromatic rings. The van der Waals surface area contributed by atoms with Crippen LogP contribution in [0.1, 0.15) is 87.0 Å².